The molecule has 0 saturated heterocycles. The highest BCUT2D eigenvalue weighted by molar-refractivity contribution is 5.41. The summed E-state index contributed by atoms with van der Waals surface area (Å²) in [6.07, 6.45) is 5.81. The van der Waals surface area contributed by atoms with Crippen LogP contribution in [0.25, 0.3) is 0 Å². The van der Waals surface area contributed by atoms with Crippen LogP contribution < -0.4 is 0 Å². The number of allylic oxidation sites excluding steroid dienone is 1. The molecule has 0 unspecified atom stereocenters. The van der Waals surface area contributed by atoms with E-state index in [1.807, 2.05) is 0 Å². The van der Waals surface area contributed by atoms with E-state index in [0.29, 0.717) is 5.41 Å². The number of hydrogen-bond acceptors (Lipinski definition) is 0. The fraction of sp³-hybridized carbons (Fsp3) is 0.429. The van der Waals surface area contributed by atoms with E-state index in [2.05, 4.69) is 44.7 Å². The minimum atomic E-state index is 0.331. The zero-order chi connectivity index (χ0) is 10.2. The Morgan fingerprint density at radius 2 is 2.14 bits per heavy atom. The number of aryl methyl sites for hydroxylation is 2. The van der Waals surface area contributed by atoms with Gasteiger partial charge in [-0.25, -0.2) is 0 Å². The van der Waals surface area contributed by atoms with Crippen molar-refractivity contribution in [2.45, 2.75) is 38.5 Å². The molecule has 1 aromatic carbocycles. The zero-order valence-electron chi connectivity index (χ0n) is 9.14. The molecule has 0 spiro atoms. The highest BCUT2D eigenvalue weighted by Crippen LogP contribution is 2.49. The molecule has 0 atom stereocenters. The summed E-state index contributed by atoms with van der Waals surface area (Å²) in [6.45, 7) is 8.36. The van der Waals surface area contributed by atoms with Gasteiger partial charge in [0.2, 0.25) is 0 Å². The second kappa shape index (κ2) is 3.27. The summed E-state index contributed by atoms with van der Waals surface area (Å²) in [5.74, 6) is 0. The molecule has 0 nitrogen and oxygen atoms in total. The third kappa shape index (κ3) is 1.39. The molecule has 2 rings (SSSR count). The summed E-state index contributed by atoms with van der Waals surface area (Å²) in [4.78, 5) is 0. The predicted molar refractivity (Wildman–Crippen MR) is 61.7 cm³/mol. The lowest BCUT2D eigenvalue weighted by molar-refractivity contribution is 0.886. The molecule has 0 aromatic heterocycles. The van der Waals surface area contributed by atoms with Gasteiger partial charge < -0.3 is 0 Å². The van der Waals surface area contributed by atoms with E-state index >= 15 is 0 Å². The van der Waals surface area contributed by atoms with E-state index in [9.17, 15) is 0 Å². The molecule has 0 bridgehead atoms. The molecule has 1 aromatic rings. The summed E-state index contributed by atoms with van der Waals surface area (Å²) in [5, 5.41) is 0. The summed E-state index contributed by atoms with van der Waals surface area (Å²) < 4.78 is 0. The molecule has 1 fully saturated rings. The minimum absolute atomic E-state index is 0.331. The number of rotatable bonds is 3. The first-order chi connectivity index (χ1) is 6.72. The van der Waals surface area contributed by atoms with Crippen LogP contribution in [-0.4, -0.2) is 0 Å². The van der Waals surface area contributed by atoms with Crippen molar-refractivity contribution in [1.82, 2.24) is 0 Å². The van der Waals surface area contributed by atoms with Gasteiger partial charge in [-0.05, 0) is 42.9 Å². The summed E-state index contributed by atoms with van der Waals surface area (Å²) in [7, 11) is 0. The average molecular weight is 186 g/mol. The van der Waals surface area contributed by atoms with Gasteiger partial charge in [-0.15, -0.1) is 6.58 Å². The van der Waals surface area contributed by atoms with Gasteiger partial charge in [-0.2, -0.15) is 0 Å². The monoisotopic (exact) mass is 186 g/mol. The Kier molecular flexibility index (Phi) is 2.22. The van der Waals surface area contributed by atoms with Crippen LogP contribution in [0.3, 0.4) is 0 Å². The van der Waals surface area contributed by atoms with Gasteiger partial charge >= 0.3 is 0 Å². The Labute approximate surface area is 86.7 Å². The molecule has 0 aliphatic heterocycles. The van der Waals surface area contributed by atoms with Gasteiger partial charge in [0, 0.05) is 5.41 Å². The first kappa shape index (κ1) is 9.51. The number of hydrogen-bond donors (Lipinski definition) is 0. The van der Waals surface area contributed by atoms with E-state index in [-0.39, 0.29) is 0 Å². The Morgan fingerprint density at radius 1 is 1.43 bits per heavy atom. The quantitative estimate of drug-likeness (QED) is 0.630. The maximum atomic E-state index is 3.95. The Bertz CT molecular complexity index is 356. The second-order valence-electron chi connectivity index (χ2n) is 4.36. The van der Waals surface area contributed by atoms with Crippen LogP contribution >= 0.6 is 0 Å². The zero-order valence-corrected chi connectivity index (χ0v) is 9.14. The van der Waals surface area contributed by atoms with Crippen molar-refractivity contribution in [3.05, 3.63) is 47.5 Å². The van der Waals surface area contributed by atoms with Crippen LogP contribution in [0.2, 0.25) is 0 Å². The average Bonchev–Trinajstić information content (AvgIpc) is 2.99. The van der Waals surface area contributed by atoms with E-state index in [0.717, 1.165) is 6.42 Å². The summed E-state index contributed by atoms with van der Waals surface area (Å²) >= 11 is 0. The highest BCUT2D eigenvalue weighted by Gasteiger charge is 2.41. The molecule has 1 saturated carbocycles. The molecular formula is C14H18. The largest absolute Gasteiger partial charge is 0.102 e. The lowest BCUT2D eigenvalue weighted by atomic mass is 9.92. The number of benzene rings is 1. The van der Waals surface area contributed by atoms with Crippen molar-refractivity contribution in [1.29, 1.82) is 0 Å². The van der Waals surface area contributed by atoms with Crippen molar-refractivity contribution < 1.29 is 0 Å². The molecule has 0 radical (unpaired) electrons. The van der Waals surface area contributed by atoms with E-state index in [4.69, 9.17) is 0 Å². The molecular weight excluding hydrogens is 168 g/mol. The van der Waals surface area contributed by atoms with Crippen molar-refractivity contribution in [3.63, 3.8) is 0 Å². The van der Waals surface area contributed by atoms with E-state index < -0.39 is 0 Å². The Morgan fingerprint density at radius 3 is 2.64 bits per heavy atom. The standard InChI is InChI=1S/C14H18/c1-4-12-10-13(7-6-11(12)3)14(5-2)8-9-14/h5-7,10H,2,4,8-9H2,1,3H3. The molecule has 1 aliphatic carbocycles. The maximum Gasteiger partial charge on any atom is 0.0130 e. The van der Waals surface area contributed by atoms with Gasteiger partial charge in [0.05, 0.1) is 0 Å². The Balaban J connectivity index is 2.41. The molecule has 0 amide bonds. The minimum Gasteiger partial charge on any atom is -0.102 e. The fourth-order valence-electron chi connectivity index (χ4n) is 2.11. The third-order valence-electron chi connectivity index (χ3n) is 3.48. The fourth-order valence-corrected chi connectivity index (χ4v) is 2.11. The first-order valence-electron chi connectivity index (χ1n) is 5.45. The van der Waals surface area contributed by atoms with Gasteiger partial charge in [0.25, 0.3) is 0 Å². The lowest BCUT2D eigenvalue weighted by Crippen LogP contribution is -2.02. The normalized spacial score (nSPS) is 17.9. The van der Waals surface area contributed by atoms with Crippen LogP contribution in [0.4, 0.5) is 0 Å². The van der Waals surface area contributed by atoms with Crippen molar-refractivity contribution >= 4 is 0 Å². The van der Waals surface area contributed by atoms with Crippen LogP contribution in [0.1, 0.15) is 36.5 Å². The molecule has 0 heterocycles. The van der Waals surface area contributed by atoms with Crippen molar-refractivity contribution in [3.8, 4) is 0 Å². The molecule has 14 heavy (non-hydrogen) atoms. The van der Waals surface area contributed by atoms with Crippen LogP contribution in [0.15, 0.2) is 30.9 Å². The van der Waals surface area contributed by atoms with E-state index in [1.165, 1.54) is 29.5 Å². The van der Waals surface area contributed by atoms with Gasteiger partial charge in [0.15, 0.2) is 0 Å². The van der Waals surface area contributed by atoms with Crippen molar-refractivity contribution in [2.75, 3.05) is 0 Å². The van der Waals surface area contributed by atoms with Crippen molar-refractivity contribution in [2.24, 2.45) is 0 Å². The summed E-state index contributed by atoms with van der Waals surface area (Å²) in [5.41, 5.74) is 4.69. The molecule has 1 aliphatic rings. The van der Waals surface area contributed by atoms with Gasteiger partial charge in [-0.3, -0.25) is 0 Å². The molecule has 0 N–H and O–H groups in total. The topological polar surface area (TPSA) is 0 Å². The molecule has 74 valence electrons. The third-order valence-corrected chi connectivity index (χ3v) is 3.48. The van der Waals surface area contributed by atoms with E-state index in [1.54, 1.807) is 0 Å². The van der Waals surface area contributed by atoms with Gasteiger partial charge in [-0.1, -0.05) is 31.2 Å². The Hall–Kier alpha value is -1.04. The van der Waals surface area contributed by atoms with Crippen LogP contribution in [0, 0.1) is 6.92 Å². The first-order valence-corrected chi connectivity index (χ1v) is 5.45. The SMILES string of the molecule is C=CC1(c2ccc(C)c(CC)c2)CC1. The predicted octanol–water partition coefficient (Wildman–Crippen LogP) is 3.78. The highest BCUT2D eigenvalue weighted by atomic mass is 14.4. The molecule has 0 heteroatoms. The maximum absolute atomic E-state index is 3.95. The van der Waals surface area contributed by atoms with Gasteiger partial charge in [0.1, 0.15) is 0 Å². The lowest BCUT2D eigenvalue weighted by Gasteiger charge is -2.13. The van der Waals surface area contributed by atoms with Crippen LogP contribution in [-0.2, 0) is 11.8 Å². The van der Waals surface area contributed by atoms with Crippen LogP contribution in [0.5, 0.6) is 0 Å². The second-order valence-corrected chi connectivity index (χ2v) is 4.36. The summed E-state index contributed by atoms with van der Waals surface area (Å²) in [6, 6.07) is 6.88. The smallest absolute Gasteiger partial charge is 0.0130 e.